The summed E-state index contributed by atoms with van der Waals surface area (Å²) in [6.45, 7) is 2.48. The summed E-state index contributed by atoms with van der Waals surface area (Å²) < 4.78 is 6.10. The van der Waals surface area contributed by atoms with Crippen molar-refractivity contribution >= 4 is 37.8 Å². The van der Waals surface area contributed by atoms with Crippen LogP contribution in [0.5, 0.6) is 0 Å². The maximum Gasteiger partial charge on any atom is 0.251 e. The van der Waals surface area contributed by atoms with Crippen LogP contribution in [-0.2, 0) is 4.74 Å². The molecule has 0 fully saturated rings. The molecule has 1 aromatic carbocycles. The van der Waals surface area contributed by atoms with Crippen molar-refractivity contribution in [2.24, 2.45) is 0 Å². The quantitative estimate of drug-likeness (QED) is 0.771. The molecule has 0 radical (unpaired) electrons. The number of amides is 1. The lowest BCUT2D eigenvalue weighted by Gasteiger charge is -2.17. The van der Waals surface area contributed by atoms with E-state index in [9.17, 15) is 4.79 Å². The molecule has 0 saturated heterocycles. The third kappa shape index (κ3) is 4.71. The van der Waals surface area contributed by atoms with Gasteiger partial charge in [0.05, 0.1) is 12.6 Å². The largest absolute Gasteiger partial charge is 0.383 e. The second kappa shape index (κ2) is 7.92. The zero-order chi connectivity index (χ0) is 13.5. The molecule has 0 aliphatic rings. The van der Waals surface area contributed by atoms with Gasteiger partial charge in [0.15, 0.2) is 0 Å². The van der Waals surface area contributed by atoms with Gasteiger partial charge in [-0.05, 0) is 37.1 Å². The minimum atomic E-state index is -0.0615. The number of benzene rings is 1. The molecule has 0 bridgehead atoms. The Morgan fingerprint density at radius 1 is 1.50 bits per heavy atom. The predicted molar refractivity (Wildman–Crippen MR) is 80.4 cm³/mol. The molecule has 1 amide bonds. The van der Waals surface area contributed by atoms with E-state index in [1.807, 2.05) is 25.1 Å². The van der Waals surface area contributed by atoms with Gasteiger partial charge in [-0.2, -0.15) is 0 Å². The molecule has 0 aromatic heterocycles. The summed E-state index contributed by atoms with van der Waals surface area (Å²) in [6.07, 6.45) is 0.842. The summed E-state index contributed by atoms with van der Waals surface area (Å²) in [5.74, 6) is -0.0615. The summed E-state index contributed by atoms with van der Waals surface area (Å²) >= 11 is 6.80. The first-order valence-corrected chi connectivity index (χ1v) is 7.61. The number of halogens is 2. The number of aryl methyl sites for hydroxylation is 1. The topological polar surface area (TPSA) is 38.3 Å². The number of ether oxygens (including phenoxy) is 1. The number of methoxy groups -OCH3 is 1. The van der Waals surface area contributed by atoms with Crippen LogP contribution in [0.1, 0.15) is 22.3 Å². The van der Waals surface area contributed by atoms with Crippen molar-refractivity contribution < 1.29 is 9.53 Å². The highest BCUT2D eigenvalue weighted by Crippen LogP contribution is 2.17. The van der Waals surface area contributed by atoms with E-state index in [-0.39, 0.29) is 11.9 Å². The highest BCUT2D eigenvalue weighted by atomic mass is 79.9. The van der Waals surface area contributed by atoms with Crippen LogP contribution in [0.2, 0.25) is 0 Å². The van der Waals surface area contributed by atoms with Crippen LogP contribution in [0.15, 0.2) is 22.7 Å². The van der Waals surface area contributed by atoms with Crippen molar-refractivity contribution in [3.8, 4) is 0 Å². The van der Waals surface area contributed by atoms with E-state index in [0.717, 1.165) is 21.8 Å². The van der Waals surface area contributed by atoms with Crippen LogP contribution in [0.25, 0.3) is 0 Å². The Bertz CT molecular complexity index is 404. The molecule has 1 aromatic rings. The van der Waals surface area contributed by atoms with Crippen molar-refractivity contribution in [3.63, 3.8) is 0 Å². The fourth-order valence-electron chi connectivity index (χ4n) is 1.58. The van der Waals surface area contributed by atoms with Crippen molar-refractivity contribution in [3.05, 3.63) is 33.8 Å². The van der Waals surface area contributed by atoms with E-state index in [0.29, 0.717) is 12.2 Å². The predicted octanol–water partition coefficient (Wildman–Crippen LogP) is 3.29. The highest BCUT2D eigenvalue weighted by Gasteiger charge is 2.13. The molecule has 100 valence electrons. The van der Waals surface area contributed by atoms with Crippen LogP contribution in [0, 0.1) is 6.92 Å². The molecule has 0 heterocycles. The first-order valence-electron chi connectivity index (χ1n) is 5.70. The molecule has 0 aliphatic heterocycles. The SMILES string of the molecule is COCC(CCBr)NC(=O)c1ccc(Br)c(C)c1. The van der Waals surface area contributed by atoms with Crippen LogP contribution in [-0.4, -0.2) is 31.0 Å². The fourth-order valence-corrected chi connectivity index (χ4v) is 2.38. The summed E-state index contributed by atoms with van der Waals surface area (Å²) in [7, 11) is 1.64. The minimum Gasteiger partial charge on any atom is -0.383 e. The van der Waals surface area contributed by atoms with E-state index in [1.54, 1.807) is 7.11 Å². The number of hydrogen-bond acceptors (Lipinski definition) is 2. The van der Waals surface area contributed by atoms with Gasteiger partial charge in [0, 0.05) is 22.5 Å². The van der Waals surface area contributed by atoms with Crippen molar-refractivity contribution in [1.82, 2.24) is 5.32 Å². The zero-order valence-electron chi connectivity index (χ0n) is 10.5. The Morgan fingerprint density at radius 3 is 2.78 bits per heavy atom. The summed E-state index contributed by atoms with van der Waals surface area (Å²) in [6, 6.07) is 5.60. The van der Waals surface area contributed by atoms with Gasteiger partial charge in [0.2, 0.25) is 0 Å². The van der Waals surface area contributed by atoms with E-state index in [1.165, 1.54) is 0 Å². The average molecular weight is 379 g/mol. The standard InChI is InChI=1S/C13H17Br2NO2/c1-9-7-10(3-4-12(9)15)13(17)16-11(5-6-14)8-18-2/h3-4,7,11H,5-6,8H2,1-2H3,(H,16,17). The third-order valence-electron chi connectivity index (χ3n) is 2.58. The highest BCUT2D eigenvalue weighted by molar-refractivity contribution is 9.10. The van der Waals surface area contributed by atoms with Gasteiger partial charge in [-0.3, -0.25) is 4.79 Å². The number of hydrogen-bond donors (Lipinski definition) is 1. The normalized spacial score (nSPS) is 12.2. The Hall–Kier alpha value is -0.390. The van der Waals surface area contributed by atoms with Gasteiger partial charge in [-0.1, -0.05) is 31.9 Å². The molecule has 1 unspecified atom stereocenters. The van der Waals surface area contributed by atoms with Crippen molar-refractivity contribution in [2.75, 3.05) is 19.0 Å². The van der Waals surface area contributed by atoms with E-state index in [2.05, 4.69) is 37.2 Å². The van der Waals surface area contributed by atoms with Crippen LogP contribution in [0.4, 0.5) is 0 Å². The van der Waals surface area contributed by atoms with Gasteiger partial charge < -0.3 is 10.1 Å². The summed E-state index contributed by atoms with van der Waals surface area (Å²) in [5, 5.41) is 3.81. The second-order valence-corrected chi connectivity index (χ2v) is 5.71. The molecular weight excluding hydrogens is 362 g/mol. The molecule has 18 heavy (non-hydrogen) atoms. The second-order valence-electron chi connectivity index (χ2n) is 4.07. The van der Waals surface area contributed by atoms with E-state index >= 15 is 0 Å². The number of nitrogens with one attached hydrogen (secondary N) is 1. The molecule has 0 saturated carbocycles. The number of carbonyl (C=O) groups is 1. The molecule has 3 nitrogen and oxygen atoms in total. The van der Waals surface area contributed by atoms with Crippen LogP contribution < -0.4 is 5.32 Å². The smallest absolute Gasteiger partial charge is 0.251 e. The minimum absolute atomic E-state index is 0.0332. The molecule has 0 spiro atoms. The summed E-state index contributed by atoms with van der Waals surface area (Å²) in [4.78, 5) is 12.1. The molecule has 5 heteroatoms. The molecule has 0 aliphatic carbocycles. The van der Waals surface area contributed by atoms with Gasteiger partial charge in [0.25, 0.3) is 5.91 Å². The van der Waals surface area contributed by atoms with Gasteiger partial charge in [-0.15, -0.1) is 0 Å². The van der Waals surface area contributed by atoms with Gasteiger partial charge in [-0.25, -0.2) is 0 Å². The van der Waals surface area contributed by atoms with E-state index < -0.39 is 0 Å². The number of alkyl halides is 1. The molecule has 1 N–H and O–H groups in total. The Morgan fingerprint density at radius 2 is 2.22 bits per heavy atom. The first-order chi connectivity index (χ1) is 8.58. The Kier molecular flexibility index (Phi) is 6.89. The van der Waals surface area contributed by atoms with E-state index in [4.69, 9.17) is 4.74 Å². The lowest BCUT2D eigenvalue weighted by molar-refractivity contribution is 0.0895. The van der Waals surface area contributed by atoms with Gasteiger partial charge >= 0.3 is 0 Å². The molecule has 1 rings (SSSR count). The van der Waals surface area contributed by atoms with Crippen molar-refractivity contribution in [1.29, 1.82) is 0 Å². The third-order valence-corrected chi connectivity index (χ3v) is 3.93. The van der Waals surface area contributed by atoms with Crippen molar-refractivity contribution in [2.45, 2.75) is 19.4 Å². The first kappa shape index (κ1) is 15.7. The Labute approximate surface area is 125 Å². The van der Waals surface area contributed by atoms with Crippen LogP contribution in [0.3, 0.4) is 0 Å². The lowest BCUT2D eigenvalue weighted by atomic mass is 10.1. The Balaban J connectivity index is 2.70. The van der Waals surface area contributed by atoms with Gasteiger partial charge in [0.1, 0.15) is 0 Å². The monoisotopic (exact) mass is 377 g/mol. The van der Waals surface area contributed by atoms with Crippen LogP contribution >= 0.6 is 31.9 Å². The average Bonchev–Trinajstić information content (AvgIpc) is 2.33. The summed E-state index contributed by atoms with van der Waals surface area (Å²) in [5.41, 5.74) is 1.72. The lowest BCUT2D eigenvalue weighted by Crippen LogP contribution is -2.38. The fraction of sp³-hybridized carbons (Fsp3) is 0.462. The maximum atomic E-state index is 12.1. The number of carbonyl (C=O) groups excluding carboxylic acids is 1. The number of rotatable bonds is 6. The molecule has 1 atom stereocenters. The zero-order valence-corrected chi connectivity index (χ0v) is 13.7. The maximum absolute atomic E-state index is 12.1. The molecular formula is C13H17Br2NO2.